The molecular weight excluding hydrogens is 498 g/mol. The molecule has 2 aromatic carbocycles. The fourth-order valence-corrected chi connectivity index (χ4v) is 5.75. The Labute approximate surface area is 226 Å². The van der Waals surface area contributed by atoms with Crippen LogP contribution in [0.25, 0.3) is 0 Å². The molecule has 0 spiro atoms. The maximum absolute atomic E-state index is 13.5. The molecular formula is C30H31N3O4S. The van der Waals surface area contributed by atoms with Gasteiger partial charge in [0, 0.05) is 29.4 Å². The third-order valence-corrected chi connectivity index (χ3v) is 7.67. The minimum atomic E-state index is -0.573. The number of methoxy groups -OCH3 is 1. The summed E-state index contributed by atoms with van der Waals surface area (Å²) in [5, 5.41) is 3.86. The second kappa shape index (κ2) is 10.5. The van der Waals surface area contributed by atoms with Crippen LogP contribution in [0.2, 0.25) is 0 Å². The van der Waals surface area contributed by atoms with Crippen LogP contribution in [-0.4, -0.2) is 28.6 Å². The molecule has 0 fully saturated rings. The summed E-state index contributed by atoms with van der Waals surface area (Å²) < 4.78 is 11.7. The molecule has 0 amide bonds. The van der Waals surface area contributed by atoms with Crippen molar-refractivity contribution in [1.82, 2.24) is 9.97 Å². The van der Waals surface area contributed by atoms with E-state index in [9.17, 15) is 9.59 Å². The lowest BCUT2D eigenvalue weighted by Gasteiger charge is -2.38. The van der Waals surface area contributed by atoms with E-state index in [0.717, 1.165) is 16.8 Å². The zero-order chi connectivity index (χ0) is 26.9. The summed E-state index contributed by atoms with van der Waals surface area (Å²) in [7, 11) is 1.58. The molecule has 2 N–H and O–H groups in total. The number of carbonyl (C=O) groups is 1. The van der Waals surface area contributed by atoms with Gasteiger partial charge in [0.15, 0.2) is 22.4 Å². The molecule has 0 saturated carbocycles. The van der Waals surface area contributed by atoms with Crippen LogP contribution >= 0.6 is 11.8 Å². The number of aromatic nitrogens is 2. The number of H-pyrrole nitrogens is 1. The lowest BCUT2D eigenvalue weighted by atomic mass is 9.69. The first-order valence-electron chi connectivity index (χ1n) is 12.6. The molecule has 8 heteroatoms. The van der Waals surface area contributed by atoms with Gasteiger partial charge in [-0.3, -0.25) is 9.59 Å². The van der Waals surface area contributed by atoms with E-state index in [2.05, 4.69) is 30.7 Å². The van der Waals surface area contributed by atoms with E-state index in [1.54, 1.807) is 13.2 Å². The maximum atomic E-state index is 13.5. The number of thioether (sulfide) groups is 1. The molecule has 0 radical (unpaired) electrons. The van der Waals surface area contributed by atoms with E-state index in [0.29, 0.717) is 58.8 Å². The number of hydrogen-bond donors (Lipinski definition) is 2. The molecule has 2 heterocycles. The van der Waals surface area contributed by atoms with E-state index in [1.165, 1.54) is 11.8 Å². The normalized spacial score (nSPS) is 17.8. The number of aromatic amines is 1. The van der Waals surface area contributed by atoms with E-state index < -0.39 is 5.92 Å². The Morgan fingerprint density at radius 1 is 1.13 bits per heavy atom. The van der Waals surface area contributed by atoms with Gasteiger partial charge < -0.3 is 19.8 Å². The third kappa shape index (κ3) is 5.13. The lowest BCUT2D eigenvalue weighted by Crippen LogP contribution is -2.37. The van der Waals surface area contributed by atoms with Crippen LogP contribution < -0.4 is 20.3 Å². The summed E-state index contributed by atoms with van der Waals surface area (Å²) in [6.07, 6.45) is 2.85. The highest BCUT2D eigenvalue weighted by Crippen LogP contribution is 2.48. The summed E-state index contributed by atoms with van der Waals surface area (Å²) >= 11 is 1.40. The molecule has 1 unspecified atom stereocenters. The monoisotopic (exact) mass is 529 g/mol. The largest absolute Gasteiger partial charge is 0.493 e. The quantitative estimate of drug-likeness (QED) is 0.215. The van der Waals surface area contributed by atoms with Crippen molar-refractivity contribution in [3.8, 4) is 11.5 Å². The molecule has 7 nitrogen and oxygen atoms in total. The molecule has 3 aromatic rings. The Morgan fingerprint density at radius 2 is 1.92 bits per heavy atom. The van der Waals surface area contributed by atoms with E-state index in [4.69, 9.17) is 14.5 Å². The number of rotatable bonds is 8. The topological polar surface area (TPSA) is 93.3 Å². The Kier molecular flexibility index (Phi) is 7.17. The summed E-state index contributed by atoms with van der Waals surface area (Å²) in [5.41, 5.74) is 3.22. The first kappa shape index (κ1) is 25.9. The van der Waals surface area contributed by atoms with Crippen molar-refractivity contribution in [1.29, 1.82) is 0 Å². The van der Waals surface area contributed by atoms with E-state index in [1.807, 2.05) is 48.5 Å². The summed E-state index contributed by atoms with van der Waals surface area (Å²) in [6, 6.07) is 15.5. The van der Waals surface area contributed by atoms with Crippen molar-refractivity contribution >= 4 is 23.4 Å². The van der Waals surface area contributed by atoms with Crippen LogP contribution in [0, 0.1) is 5.41 Å². The van der Waals surface area contributed by atoms with E-state index >= 15 is 0 Å². The smallest absolute Gasteiger partial charge is 0.257 e. The number of nitrogens with one attached hydrogen (secondary N) is 2. The van der Waals surface area contributed by atoms with Gasteiger partial charge in [-0.25, -0.2) is 4.98 Å². The Morgan fingerprint density at radius 3 is 2.66 bits per heavy atom. The first-order valence-corrected chi connectivity index (χ1v) is 13.5. The van der Waals surface area contributed by atoms with E-state index in [-0.39, 0.29) is 16.8 Å². The number of Topliss-reactive ketones (excluding diaryl/α,β-unsaturated/α-hetero) is 1. The molecule has 2 aliphatic rings. The molecule has 0 saturated heterocycles. The van der Waals surface area contributed by atoms with Crippen LogP contribution in [0.15, 0.2) is 82.4 Å². The predicted octanol–water partition coefficient (Wildman–Crippen LogP) is 5.84. The average Bonchev–Trinajstić information content (AvgIpc) is 2.89. The molecule has 1 aliphatic heterocycles. The summed E-state index contributed by atoms with van der Waals surface area (Å²) in [4.78, 5) is 34.6. The number of fused-ring (bicyclic) bond motifs is 1. The van der Waals surface area contributed by atoms with Crippen molar-refractivity contribution in [3.63, 3.8) is 0 Å². The number of anilines is 1. The molecule has 1 aliphatic carbocycles. The zero-order valence-electron chi connectivity index (χ0n) is 21.8. The Balaban J connectivity index is 1.59. The number of hydrogen-bond acceptors (Lipinski definition) is 7. The van der Waals surface area contributed by atoms with Crippen LogP contribution in [0.5, 0.6) is 11.5 Å². The SMILES string of the molecule is C=CCSc1nc2c(c(=O)[nH]1)C(c1ccc(OCc3ccccc3)c(OC)c1)C1=C(CC(C)(C)CC1=O)N2. The second-order valence-corrected chi connectivity index (χ2v) is 11.3. The minimum absolute atomic E-state index is 0.0345. The average molecular weight is 530 g/mol. The van der Waals surface area contributed by atoms with Crippen molar-refractivity contribution in [2.45, 2.75) is 44.4 Å². The number of ketones is 1. The fourth-order valence-electron chi connectivity index (χ4n) is 5.15. The molecule has 38 heavy (non-hydrogen) atoms. The van der Waals surface area contributed by atoms with Gasteiger partial charge in [0.2, 0.25) is 0 Å². The molecule has 1 aromatic heterocycles. The van der Waals surface area contributed by atoms with Crippen LogP contribution in [-0.2, 0) is 11.4 Å². The molecule has 196 valence electrons. The van der Waals surface area contributed by atoms with Gasteiger partial charge in [-0.1, -0.05) is 68.1 Å². The van der Waals surface area contributed by atoms with Crippen LogP contribution in [0.4, 0.5) is 5.82 Å². The van der Waals surface area contributed by atoms with Crippen molar-refractivity contribution in [3.05, 3.63) is 99.5 Å². The fraction of sp³-hybridized carbons (Fsp3) is 0.300. The van der Waals surface area contributed by atoms with Gasteiger partial charge in [-0.15, -0.1) is 6.58 Å². The van der Waals surface area contributed by atoms with Gasteiger partial charge in [-0.2, -0.15) is 0 Å². The highest BCUT2D eigenvalue weighted by Gasteiger charge is 2.42. The highest BCUT2D eigenvalue weighted by atomic mass is 32.2. The van der Waals surface area contributed by atoms with Gasteiger partial charge in [-0.05, 0) is 35.1 Å². The standard InChI is InChI=1S/C30H31N3O4S/c1-5-13-38-29-32-27-26(28(35)33-29)24(25-20(31-27)15-30(2,3)16-21(25)34)19-11-12-22(23(14-19)36-4)37-17-18-9-7-6-8-10-18/h5-12,14,24H,1,13,15-17H2,2-4H3,(H2,31,32,33,35). The van der Waals surface area contributed by atoms with Gasteiger partial charge >= 0.3 is 0 Å². The third-order valence-electron chi connectivity index (χ3n) is 6.80. The Bertz CT molecular complexity index is 1480. The Hall–Kier alpha value is -3.78. The number of nitrogens with zero attached hydrogens (tertiary/aromatic N) is 1. The second-order valence-electron chi connectivity index (χ2n) is 10.3. The number of ether oxygens (including phenoxy) is 2. The molecule has 5 rings (SSSR count). The first-order chi connectivity index (χ1) is 18.3. The lowest BCUT2D eigenvalue weighted by molar-refractivity contribution is -0.118. The van der Waals surface area contributed by atoms with Gasteiger partial charge in [0.25, 0.3) is 5.56 Å². The summed E-state index contributed by atoms with van der Waals surface area (Å²) in [6.45, 7) is 8.30. The van der Waals surface area contributed by atoms with Gasteiger partial charge in [0.05, 0.1) is 12.7 Å². The highest BCUT2D eigenvalue weighted by molar-refractivity contribution is 7.99. The maximum Gasteiger partial charge on any atom is 0.257 e. The number of benzene rings is 2. The molecule has 1 atom stereocenters. The van der Waals surface area contributed by atoms with Crippen molar-refractivity contribution in [2.24, 2.45) is 5.41 Å². The number of allylic oxidation sites excluding steroid dienone is 2. The van der Waals surface area contributed by atoms with Crippen molar-refractivity contribution in [2.75, 3.05) is 18.2 Å². The predicted molar refractivity (Wildman–Crippen MR) is 150 cm³/mol. The van der Waals surface area contributed by atoms with Crippen molar-refractivity contribution < 1.29 is 14.3 Å². The van der Waals surface area contributed by atoms with Crippen LogP contribution in [0.3, 0.4) is 0 Å². The number of carbonyl (C=O) groups excluding carboxylic acids is 1. The summed E-state index contributed by atoms with van der Waals surface area (Å²) in [5.74, 6) is 1.68. The minimum Gasteiger partial charge on any atom is -0.493 e. The zero-order valence-corrected chi connectivity index (χ0v) is 22.6. The van der Waals surface area contributed by atoms with Crippen LogP contribution in [0.1, 0.15) is 49.3 Å². The molecule has 0 bridgehead atoms. The van der Waals surface area contributed by atoms with Gasteiger partial charge in [0.1, 0.15) is 12.4 Å².